The second kappa shape index (κ2) is 5.44. The van der Waals surface area contributed by atoms with Crippen LogP contribution in [-0.2, 0) is 17.4 Å². The molecule has 6 nitrogen and oxygen atoms in total. The molecule has 6 heteroatoms. The summed E-state index contributed by atoms with van der Waals surface area (Å²) in [5.74, 6) is 1.58. The van der Waals surface area contributed by atoms with Crippen LogP contribution in [0.5, 0.6) is 0 Å². The van der Waals surface area contributed by atoms with Gasteiger partial charge < -0.3 is 10.1 Å². The van der Waals surface area contributed by atoms with Crippen LogP contribution in [0.1, 0.15) is 32.5 Å². The molecule has 0 amide bonds. The Kier molecular flexibility index (Phi) is 3.63. The van der Waals surface area contributed by atoms with Gasteiger partial charge in [-0.05, 0) is 26.7 Å². The van der Waals surface area contributed by atoms with E-state index < -0.39 is 0 Å². The first-order valence-electron chi connectivity index (χ1n) is 7.37. The number of hydrogen-bond acceptors (Lipinski definition) is 5. The topological polar surface area (TPSA) is 64.9 Å². The molecule has 0 radical (unpaired) electrons. The van der Waals surface area contributed by atoms with Crippen molar-refractivity contribution in [3.8, 4) is 11.3 Å². The van der Waals surface area contributed by atoms with Crippen LogP contribution in [0.2, 0.25) is 0 Å². The van der Waals surface area contributed by atoms with Crippen LogP contribution in [0.3, 0.4) is 0 Å². The Hall–Kier alpha value is -1.95. The number of rotatable bonds is 4. The molecule has 1 aliphatic rings. The van der Waals surface area contributed by atoms with E-state index in [9.17, 15) is 0 Å². The summed E-state index contributed by atoms with van der Waals surface area (Å²) in [6, 6.07) is 1.96. The molecule has 3 heterocycles. The Morgan fingerprint density at radius 1 is 1.43 bits per heavy atom. The minimum Gasteiger partial charge on any atom is -0.370 e. The van der Waals surface area contributed by atoms with Crippen molar-refractivity contribution in [2.24, 2.45) is 7.05 Å². The second-order valence-electron chi connectivity index (χ2n) is 5.58. The van der Waals surface area contributed by atoms with Crippen LogP contribution in [0.25, 0.3) is 11.3 Å². The number of nitrogens with one attached hydrogen (secondary N) is 1. The average Bonchev–Trinajstić information content (AvgIpc) is 3.09. The van der Waals surface area contributed by atoms with E-state index in [2.05, 4.69) is 29.2 Å². The monoisotopic (exact) mass is 287 g/mol. The highest BCUT2D eigenvalue weighted by molar-refractivity contribution is 5.61. The number of aryl methyl sites for hydroxylation is 1. The van der Waals surface area contributed by atoms with Gasteiger partial charge in [-0.2, -0.15) is 5.10 Å². The minimum atomic E-state index is -0.387. The quantitative estimate of drug-likeness (QED) is 0.935. The van der Waals surface area contributed by atoms with Gasteiger partial charge in [0.1, 0.15) is 11.4 Å². The third-order valence-corrected chi connectivity index (χ3v) is 3.78. The van der Waals surface area contributed by atoms with E-state index in [0.717, 1.165) is 48.9 Å². The molecule has 1 atom stereocenters. The lowest BCUT2D eigenvalue weighted by atomic mass is 10.0. The van der Waals surface area contributed by atoms with Crippen LogP contribution in [0.4, 0.5) is 5.82 Å². The molecule has 0 spiro atoms. The zero-order chi connectivity index (χ0) is 14.9. The van der Waals surface area contributed by atoms with Crippen LogP contribution >= 0.6 is 0 Å². The minimum absolute atomic E-state index is 0.387. The van der Waals surface area contributed by atoms with Gasteiger partial charge in [0.2, 0.25) is 0 Å². The molecule has 112 valence electrons. The largest absolute Gasteiger partial charge is 0.370 e. The summed E-state index contributed by atoms with van der Waals surface area (Å²) in [4.78, 5) is 9.36. The molecule has 1 fully saturated rings. The van der Waals surface area contributed by atoms with Crippen molar-refractivity contribution in [3.63, 3.8) is 0 Å². The van der Waals surface area contributed by atoms with E-state index in [-0.39, 0.29) is 5.60 Å². The highest BCUT2D eigenvalue weighted by Gasteiger charge is 2.35. The molecule has 2 aromatic rings. The maximum atomic E-state index is 5.88. The predicted molar refractivity (Wildman–Crippen MR) is 80.9 cm³/mol. The third kappa shape index (κ3) is 2.76. The SMILES string of the molecule is CCNc1cc(-c2cnn(C)c2)nc(C2(C)CCCO2)n1. The summed E-state index contributed by atoms with van der Waals surface area (Å²) < 4.78 is 7.66. The van der Waals surface area contributed by atoms with Crippen molar-refractivity contribution in [2.75, 3.05) is 18.5 Å². The lowest BCUT2D eigenvalue weighted by molar-refractivity contribution is 0.00953. The standard InChI is InChI=1S/C15H21N5O/c1-4-16-13-8-12(11-9-17-20(3)10-11)18-14(19-13)15(2)6-5-7-21-15/h8-10H,4-7H2,1-3H3,(H,16,18,19). The lowest BCUT2D eigenvalue weighted by Gasteiger charge is -2.22. The Morgan fingerprint density at radius 2 is 2.29 bits per heavy atom. The summed E-state index contributed by atoms with van der Waals surface area (Å²) in [5, 5.41) is 7.49. The normalized spacial score (nSPS) is 21.7. The number of ether oxygens (including phenoxy) is 1. The fourth-order valence-electron chi connectivity index (χ4n) is 2.61. The molecule has 21 heavy (non-hydrogen) atoms. The lowest BCUT2D eigenvalue weighted by Crippen LogP contribution is -2.24. The highest BCUT2D eigenvalue weighted by Crippen LogP contribution is 2.35. The van der Waals surface area contributed by atoms with Crippen LogP contribution < -0.4 is 5.32 Å². The maximum Gasteiger partial charge on any atom is 0.162 e. The molecule has 2 aromatic heterocycles. The molecule has 3 rings (SSSR count). The van der Waals surface area contributed by atoms with Crippen molar-refractivity contribution in [1.29, 1.82) is 0 Å². The smallest absolute Gasteiger partial charge is 0.162 e. The van der Waals surface area contributed by atoms with E-state index in [1.54, 1.807) is 4.68 Å². The fourth-order valence-corrected chi connectivity index (χ4v) is 2.61. The van der Waals surface area contributed by atoms with Crippen molar-refractivity contribution >= 4 is 5.82 Å². The number of nitrogens with zero attached hydrogens (tertiary/aromatic N) is 4. The van der Waals surface area contributed by atoms with E-state index in [0.29, 0.717) is 0 Å². The van der Waals surface area contributed by atoms with Crippen molar-refractivity contribution < 1.29 is 4.74 Å². The number of aromatic nitrogens is 4. The molecule has 1 unspecified atom stereocenters. The molecule has 1 N–H and O–H groups in total. The number of anilines is 1. The first-order valence-corrected chi connectivity index (χ1v) is 7.37. The zero-order valence-electron chi connectivity index (χ0n) is 12.8. The van der Waals surface area contributed by atoms with Crippen LogP contribution in [0, 0.1) is 0 Å². The Morgan fingerprint density at radius 3 is 2.90 bits per heavy atom. The first-order chi connectivity index (χ1) is 10.1. The Labute approximate surface area is 124 Å². The zero-order valence-corrected chi connectivity index (χ0v) is 12.8. The van der Waals surface area contributed by atoms with Crippen molar-refractivity contribution in [3.05, 3.63) is 24.3 Å². The maximum absolute atomic E-state index is 5.88. The summed E-state index contributed by atoms with van der Waals surface area (Å²) in [6.45, 7) is 5.71. The Balaban J connectivity index is 2.05. The molecule has 0 aliphatic carbocycles. The predicted octanol–water partition coefficient (Wildman–Crippen LogP) is 2.33. The molecule has 0 bridgehead atoms. The van der Waals surface area contributed by atoms with Crippen molar-refractivity contribution in [1.82, 2.24) is 19.7 Å². The van der Waals surface area contributed by atoms with Gasteiger partial charge in [0.25, 0.3) is 0 Å². The molecular formula is C15H21N5O. The van der Waals surface area contributed by atoms with E-state index in [4.69, 9.17) is 9.72 Å². The average molecular weight is 287 g/mol. The molecule has 0 aromatic carbocycles. The van der Waals surface area contributed by atoms with Gasteiger partial charge in [0.05, 0.1) is 11.9 Å². The van der Waals surface area contributed by atoms with Gasteiger partial charge in [0, 0.05) is 38.0 Å². The molecule has 1 aliphatic heterocycles. The third-order valence-electron chi connectivity index (χ3n) is 3.78. The summed E-state index contributed by atoms with van der Waals surface area (Å²) >= 11 is 0. The summed E-state index contributed by atoms with van der Waals surface area (Å²) in [6.07, 6.45) is 5.78. The van der Waals surface area contributed by atoms with Crippen LogP contribution in [-0.4, -0.2) is 32.9 Å². The van der Waals surface area contributed by atoms with Gasteiger partial charge in [-0.15, -0.1) is 0 Å². The summed E-state index contributed by atoms with van der Waals surface area (Å²) in [7, 11) is 1.90. The number of hydrogen-bond donors (Lipinski definition) is 1. The van der Waals surface area contributed by atoms with E-state index in [1.165, 1.54) is 0 Å². The molecule has 0 saturated carbocycles. The van der Waals surface area contributed by atoms with Gasteiger partial charge in [-0.3, -0.25) is 4.68 Å². The molecule has 1 saturated heterocycles. The summed E-state index contributed by atoms with van der Waals surface area (Å²) in [5.41, 5.74) is 1.48. The first kappa shape index (κ1) is 14.0. The van der Waals surface area contributed by atoms with Crippen molar-refractivity contribution in [2.45, 2.75) is 32.3 Å². The molecular weight excluding hydrogens is 266 g/mol. The Bertz CT molecular complexity index is 631. The fraction of sp³-hybridized carbons (Fsp3) is 0.533. The highest BCUT2D eigenvalue weighted by atomic mass is 16.5. The van der Waals surface area contributed by atoms with E-state index in [1.807, 2.05) is 25.5 Å². The van der Waals surface area contributed by atoms with Gasteiger partial charge in [0.15, 0.2) is 5.82 Å². The van der Waals surface area contributed by atoms with Crippen LogP contribution in [0.15, 0.2) is 18.5 Å². The van der Waals surface area contributed by atoms with E-state index >= 15 is 0 Å². The second-order valence-corrected chi connectivity index (χ2v) is 5.58. The van der Waals surface area contributed by atoms with Gasteiger partial charge in [-0.25, -0.2) is 9.97 Å². The van der Waals surface area contributed by atoms with Gasteiger partial charge in [-0.1, -0.05) is 0 Å². The van der Waals surface area contributed by atoms with Gasteiger partial charge >= 0.3 is 0 Å².